The van der Waals surface area contributed by atoms with Gasteiger partial charge >= 0.3 is 0 Å². The van der Waals surface area contributed by atoms with Crippen LogP contribution in [-0.4, -0.2) is 24.7 Å². The number of hydrogen-bond acceptors (Lipinski definition) is 4. The van der Waals surface area contributed by atoms with E-state index in [2.05, 4.69) is 5.32 Å². The maximum absolute atomic E-state index is 12.8. The first-order chi connectivity index (χ1) is 12.8. The minimum Gasteiger partial charge on any atom is -0.497 e. The predicted octanol–water partition coefficient (Wildman–Crippen LogP) is 4.19. The molecular formula is C22H27NO4. The van der Waals surface area contributed by atoms with E-state index in [9.17, 15) is 4.79 Å². The average Bonchev–Trinajstić information content (AvgIpc) is 2.62. The number of aryl methyl sites for hydroxylation is 1. The summed E-state index contributed by atoms with van der Waals surface area (Å²) in [4.78, 5) is 12.8. The summed E-state index contributed by atoms with van der Waals surface area (Å²) >= 11 is 0. The number of benzene rings is 2. The third-order valence-electron chi connectivity index (χ3n) is 4.76. The Kier molecular flexibility index (Phi) is 5.31. The van der Waals surface area contributed by atoms with Gasteiger partial charge < -0.3 is 19.5 Å². The van der Waals surface area contributed by atoms with Crippen LogP contribution in [0.2, 0.25) is 0 Å². The minimum atomic E-state index is -0.605. The third-order valence-corrected chi connectivity index (χ3v) is 4.76. The number of fused-ring (bicyclic) bond motifs is 1. The molecule has 0 aromatic heterocycles. The minimum absolute atomic E-state index is 0.158. The number of nitrogens with one attached hydrogen (secondary N) is 1. The molecule has 144 valence electrons. The van der Waals surface area contributed by atoms with Crippen molar-refractivity contribution in [1.82, 2.24) is 5.32 Å². The van der Waals surface area contributed by atoms with Crippen LogP contribution in [0.5, 0.6) is 17.2 Å². The molecule has 2 aromatic rings. The van der Waals surface area contributed by atoms with Crippen LogP contribution in [0.3, 0.4) is 0 Å². The van der Waals surface area contributed by atoms with Crippen molar-refractivity contribution in [3.63, 3.8) is 0 Å². The molecule has 3 rings (SSSR count). The first-order valence-corrected chi connectivity index (χ1v) is 9.19. The largest absolute Gasteiger partial charge is 0.497 e. The second kappa shape index (κ2) is 7.51. The Morgan fingerprint density at radius 1 is 1.26 bits per heavy atom. The Morgan fingerprint density at radius 3 is 2.70 bits per heavy atom. The summed E-state index contributed by atoms with van der Waals surface area (Å²) in [6.07, 6.45) is 0.0572. The lowest BCUT2D eigenvalue weighted by molar-refractivity contribution is -0.128. The molecule has 0 spiro atoms. The molecular weight excluding hydrogens is 342 g/mol. The summed E-state index contributed by atoms with van der Waals surface area (Å²) in [5.74, 6) is 2.06. The molecule has 1 aliphatic heterocycles. The number of hydrogen-bond donors (Lipinski definition) is 1. The van der Waals surface area contributed by atoms with Crippen molar-refractivity contribution < 1.29 is 19.0 Å². The van der Waals surface area contributed by atoms with Crippen molar-refractivity contribution in [3.05, 3.63) is 53.6 Å². The summed E-state index contributed by atoms with van der Waals surface area (Å²) in [5, 5.41) is 3.12. The zero-order valence-corrected chi connectivity index (χ0v) is 16.5. The molecule has 5 nitrogen and oxygen atoms in total. The number of methoxy groups -OCH3 is 1. The maximum atomic E-state index is 12.8. The molecule has 27 heavy (non-hydrogen) atoms. The van der Waals surface area contributed by atoms with Gasteiger partial charge in [0, 0.05) is 12.0 Å². The molecule has 2 atom stereocenters. The summed E-state index contributed by atoms with van der Waals surface area (Å²) in [5.41, 5.74) is 1.55. The van der Waals surface area contributed by atoms with Crippen molar-refractivity contribution in [2.75, 3.05) is 7.11 Å². The molecule has 1 N–H and O–H groups in total. The molecule has 1 aliphatic rings. The fourth-order valence-electron chi connectivity index (χ4n) is 3.31. The first kappa shape index (κ1) is 19.1. The highest BCUT2D eigenvalue weighted by molar-refractivity contribution is 5.81. The molecule has 0 saturated heterocycles. The molecule has 0 aliphatic carbocycles. The van der Waals surface area contributed by atoms with Crippen LogP contribution in [-0.2, 0) is 4.79 Å². The maximum Gasteiger partial charge on any atom is 0.261 e. The van der Waals surface area contributed by atoms with E-state index in [1.54, 1.807) is 14.0 Å². The van der Waals surface area contributed by atoms with Gasteiger partial charge in [0.05, 0.1) is 13.2 Å². The fraction of sp³-hybridized carbons (Fsp3) is 0.409. The van der Waals surface area contributed by atoms with E-state index in [1.807, 2.05) is 63.2 Å². The van der Waals surface area contributed by atoms with Crippen LogP contribution in [0.1, 0.15) is 44.4 Å². The van der Waals surface area contributed by atoms with E-state index >= 15 is 0 Å². The Labute approximate surface area is 160 Å². The topological polar surface area (TPSA) is 56.8 Å². The van der Waals surface area contributed by atoms with Gasteiger partial charge in [-0.2, -0.15) is 0 Å². The van der Waals surface area contributed by atoms with Gasteiger partial charge in [-0.15, -0.1) is 0 Å². The normalized spacial score (nSPS) is 18.6. The van der Waals surface area contributed by atoms with Crippen molar-refractivity contribution in [2.45, 2.75) is 51.9 Å². The van der Waals surface area contributed by atoms with E-state index in [-0.39, 0.29) is 17.6 Å². The zero-order valence-electron chi connectivity index (χ0n) is 16.5. The van der Waals surface area contributed by atoms with E-state index in [1.165, 1.54) is 0 Å². The lowest BCUT2D eigenvalue weighted by Crippen LogP contribution is -2.44. The van der Waals surface area contributed by atoms with E-state index < -0.39 is 6.10 Å². The Morgan fingerprint density at radius 2 is 2.00 bits per heavy atom. The lowest BCUT2D eigenvalue weighted by atomic mass is 9.89. The Hall–Kier alpha value is -2.69. The zero-order chi connectivity index (χ0) is 19.6. The van der Waals surface area contributed by atoms with Gasteiger partial charge in [0.1, 0.15) is 22.8 Å². The second-order valence-electron chi connectivity index (χ2n) is 7.56. The molecule has 0 unspecified atom stereocenters. The van der Waals surface area contributed by atoms with Gasteiger partial charge in [0.2, 0.25) is 0 Å². The number of amides is 1. The molecule has 2 aromatic carbocycles. The number of ether oxygens (including phenoxy) is 3. The van der Waals surface area contributed by atoms with Crippen molar-refractivity contribution >= 4 is 5.91 Å². The molecule has 1 amide bonds. The Balaban J connectivity index is 1.78. The van der Waals surface area contributed by atoms with Crippen LogP contribution >= 0.6 is 0 Å². The van der Waals surface area contributed by atoms with Crippen molar-refractivity contribution in [1.29, 1.82) is 0 Å². The van der Waals surface area contributed by atoms with E-state index in [0.717, 1.165) is 28.4 Å². The van der Waals surface area contributed by atoms with Crippen molar-refractivity contribution in [2.24, 2.45) is 0 Å². The predicted molar refractivity (Wildman–Crippen MR) is 104 cm³/mol. The van der Waals surface area contributed by atoms with Gasteiger partial charge in [-0.3, -0.25) is 4.79 Å². The molecule has 0 saturated carbocycles. The van der Waals surface area contributed by atoms with Crippen LogP contribution < -0.4 is 19.5 Å². The first-order valence-electron chi connectivity index (χ1n) is 9.19. The third kappa shape index (κ3) is 4.35. The summed E-state index contributed by atoms with van der Waals surface area (Å²) < 4.78 is 17.3. The average molecular weight is 369 g/mol. The fourth-order valence-corrected chi connectivity index (χ4v) is 3.31. The van der Waals surface area contributed by atoms with Gasteiger partial charge in [-0.25, -0.2) is 0 Å². The standard InChI is InChI=1S/C22H27NO4/c1-14-8-6-7-9-19(14)26-15(2)21(24)23-18-13-22(3,4)27-20-11-10-16(25-5)12-17(18)20/h6-12,15,18H,13H2,1-5H3,(H,23,24)/t15-,18-/m0/s1. The van der Waals surface area contributed by atoms with Gasteiger partial charge in [-0.05, 0) is 57.5 Å². The number of para-hydroxylation sites is 1. The number of carbonyl (C=O) groups is 1. The van der Waals surface area contributed by atoms with E-state index in [4.69, 9.17) is 14.2 Å². The van der Waals surface area contributed by atoms with Crippen molar-refractivity contribution in [3.8, 4) is 17.2 Å². The second-order valence-corrected chi connectivity index (χ2v) is 7.56. The number of carbonyl (C=O) groups excluding carboxylic acids is 1. The highest BCUT2D eigenvalue weighted by Gasteiger charge is 2.35. The number of rotatable bonds is 5. The monoisotopic (exact) mass is 369 g/mol. The van der Waals surface area contributed by atoms with Crippen LogP contribution in [0, 0.1) is 6.92 Å². The van der Waals surface area contributed by atoms with Gasteiger partial charge in [-0.1, -0.05) is 18.2 Å². The van der Waals surface area contributed by atoms with Gasteiger partial charge in [0.15, 0.2) is 6.10 Å². The molecule has 5 heteroatoms. The smallest absolute Gasteiger partial charge is 0.261 e. The van der Waals surface area contributed by atoms with E-state index in [0.29, 0.717) is 6.42 Å². The lowest BCUT2D eigenvalue weighted by Gasteiger charge is -2.38. The summed E-state index contributed by atoms with van der Waals surface area (Å²) in [7, 11) is 1.63. The molecule has 1 heterocycles. The highest BCUT2D eigenvalue weighted by atomic mass is 16.5. The SMILES string of the molecule is COc1ccc2c(c1)[C@@H](NC(=O)[C@H](C)Oc1ccccc1C)CC(C)(C)O2. The summed E-state index contributed by atoms with van der Waals surface area (Å²) in [6.45, 7) is 7.77. The van der Waals surface area contributed by atoms with Crippen LogP contribution in [0.4, 0.5) is 0 Å². The van der Waals surface area contributed by atoms with Crippen LogP contribution in [0.25, 0.3) is 0 Å². The van der Waals surface area contributed by atoms with Crippen LogP contribution in [0.15, 0.2) is 42.5 Å². The molecule has 0 fully saturated rings. The highest BCUT2D eigenvalue weighted by Crippen LogP contribution is 2.41. The summed E-state index contributed by atoms with van der Waals surface area (Å²) in [6, 6.07) is 13.2. The molecule has 0 bridgehead atoms. The molecule has 0 radical (unpaired) electrons. The Bertz CT molecular complexity index is 831. The quantitative estimate of drug-likeness (QED) is 0.859. The van der Waals surface area contributed by atoms with Gasteiger partial charge in [0.25, 0.3) is 5.91 Å².